The van der Waals surface area contributed by atoms with E-state index in [2.05, 4.69) is 15.9 Å². The molecular weight excluding hydrogens is 404 g/mol. The molecule has 0 bridgehead atoms. The zero-order chi connectivity index (χ0) is 18.9. The van der Waals surface area contributed by atoms with Gasteiger partial charge in [0.05, 0.1) is 21.0 Å². The van der Waals surface area contributed by atoms with Crippen LogP contribution in [0.15, 0.2) is 34.8 Å². The van der Waals surface area contributed by atoms with Crippen LogP contribution in [0.5, 0.6) is 0 Å². The number of aromatic carboxylic acids is 2. The van der Waals surface area contributed by atoms with E-state index in [1.807, 2.05) is 0 Å². The molecule has 0 radical (unpaired) electrons. The summed E-state index contributed by atoms with van der Waals surface area (Å²) in [7, 11) is 0. The minimum atomic E-state index is -1.52. The standard InChI is InChI=1S/C14H7BrN2O8/c15-11-5-7(17(24)25)4-10(14(20)21)12(11)8-2-1-6(16(22)23)3-9(8)13(18)19/h1-5H,(H,18,19)(H,20,21). The molecule has 0 unspecified atom stereocenters. The fourth-order valence-corrected chi connectivity index (χ4v) is 2.84. The van der Waals surface area contributed by atoms with Crippen LogP contribution >= 0.6 is 15.9 Å². The summed E-state index contributed by atoms with van der Waals surface area (Å²) in [6, 6.07) is 4.70. The van der Waals surface area contributed by atoms with E-state index in [1.54, 1.807) is 0 Å². The van der Waals surface area contributed by atoms with Crippen LogP contribution in [0.4, 0.5) is 11.4 Å². The largest absolute Gasteiger partial charge is 0.478 e. The Kier molecular flexibility index (Phi) is 4.79. The predicted octanol–water partition coefficient (Wildman–Crippen LogP) is 3.33. The minimum absolute atomic E-state index is 0.0320. The van der Waals surface area contributed by atoms with Crippen molar-refractivity contribution in [1.82, 2.24) is 0 Å². The third-order valence-electron chi connectivity index (χ3n) is 3.23. The molecule has 2 aromatic carbocycles. The van der Waals surface area contributed by atoms with Crippen molar-refractivity contribution in [2.45, 2.75) is 0 Å². The number of carboxylic acids is 2. The van der Waals surface area contributed by atoms with Crippen molar-refractivity contribution in [1.29, 1.82) is 0 Å². The first-order chi connectivity index (χ1) is 11.6. The summed E-state index contributed by atoms with van der Waals surface area (Å²) < 4.78 is -0.0320. The molecule has 0 atom stereocenters. The fourth-order valence-electron chi connectivity index (χ4n) is 2.18. The van der Waals surface area contributed by atoms with Gasteiger partial charge in [-0.25, -0.2) is 9.59 Å². The molecule has 0 aromatic heterocycles. The number of halogens is 1. The highest BCUT2D eigenvalue weighted by molar-refractivity contribution is 9.10. The average molecular weight is 411 g/mol. The molecule has 10 nitrogen and oxygen atoms in total. The Labute approximate surface area is 146 Å². The number of benzene rings is 2. The van der Waals surface area contributed by atoms with Crippen LogP contribution in [0, 0.1) is 20.2 Å². The molecule has 11 heteroatoms. The van der Waals surface area contributed by atoms with E-state index in [-0.39, 0.29) is 15.6 Å². The molecule has 0 saturated heterocycles. The molecule has 0 aliphatic carbocycles. The zero-order valence-electron chi connectivity index (χ0n) is 12.0. The summed E-state index contributed by atoms with van der Waals surface area (Å²) in [5.41, 5.74) is -2.28. The van der Waals surface area contributed by atoms with Crippen molar-refractivity contribution in [2.24, 2.45) is 0 Å². The monoisotopic (exact) mass is 410 g/mol. The molecule has 0 spiro atoms. The van der Waals surface area contributed by atoms with Crippen molar-refractivity contribution in [3.63, 3.8) is 0 Å². The lowest BCUT2D eigenvalue weighted by atomic mass is 9.94. The summed E-state index contributed by atoms with van der Waals surface area (Å²) in [6.45, 7) is 0. The quantitative estimate of drug-likeness (QED) is 0.559. The van der Waals surface area contributed by atoms with Gasteiger partial charge in [0.15, 0.2) is 0 Å². The minimum Gasteiger partial charge on any atom is -0.478 e. The third kappa shape index (κ3) is 3.45. The number of carboxylic acid groups (broad SMARTS) is 2. The van der Waals surface area contributed by atoms with Gasteiger partial charge in [0.1, 0.15) is 0 Å². The molecule has 2 rings (SSSR count). The maximum Gasteiger partial charge on any atom is 0.336 e. The van der Waals surface area contributed by atoms with Gasteiger partial charge in [0, 0.05) is 34.3 Å². The zero-order valence-corrected chi connectivity index (χ0v) is 13.6. The Hall–Kier alpha value is -3.34. The van der Waals surface area contributed by atoms with E-state index < -0.39 is 44.3 Å². The molecule has 2 N–H and O–H groups in total. The summed E-state index contributed by atoms with van der Waals surface area (Å²) in [5, 5.41) is 40.3. The smallest absolute Gasteiger partial charge is 0.336 e. The molecule has 128 valence electrons. The van der Waals surface area contributed by atoms with E-state index in [4.69, 9.17) is 0 Å². The molecule has 2 aromatic rings. The van der Waals surface area contributed by atoms with E-state index in [9.17, 15) is 40.0 Å². The van der Waals surface area contributed by atoms with Gasteiger partial charge in [0.2, 0.25) is 0 Å². The number of carbonyl (C=O) groups is 2. The summed E-state index contributed by atoms with van der Waals surface area (Å²) >= 11 is 3.01. The van der Waals surface area contributed by atoms with Crippen molar-refractivity contribution in [3.8, 4) is 11.1 Å². The van der Waals surface area contributed by atoms with E-state index in [0.717, 1.165) is 30.3 Å². The van der Waals surface area contributed by atoms with Crippen LogP contribution in [0.2, 0.25) is 0 Å². The highest BCUT2D eigenvalue weighted by Gasteiger charge is 2.25. The van der Waals surface area contributed by atoms with Gasteiger partial charge in [-0.1, -0.05) is 0 Å². The molecule has 0 fully saturated rings. The molecule has 0 heterocycles. The van der Waals surface area contributed by atoms with Crippen LogP contribution < -0.4 is 0 Å². The Morgan fingerprint density at radius 1 is 0.880 bits per heavy atom. The normalized spacial score (nSPS) is 10.3. The second-order valence-corrected chi connectivity index (χ2v) is 5.56. The van der Waals surface area contributed by atoms with E-state index >= 15 is 0 Å². The number of nitro groups is 2. The lowest BCUT2D eigenvalue weighted by molar-refractivity contribution is -0.385. The molecule has 0 amide bonds. The predicted molar refractivity (Wildman–Crippen MR) is 86.8 cm³/mol. The number of non-ortho nitro benzene ring substituents is 2. The van der Waals surface area contributed by atoms with E-state index in [1.165, 1.54) is 0 Å². The van der Waals surface area contributed by atoms with Gasteiger partial charge in [0.25, 0.3) is 11.4 Å². The number of hydrogen-bond acceptors (Lipinski definition) is 6. The summed E-state index contributed by atoms with van der Waals surface area (Å²) in [6.07, 6.45) is 0. The van der Waals surface area contributed by atoms with E-state index in [0.29, 0.717) is 0 Å². The molecular formula is C14H7BrN2O8. The van der Waals surface area contributed by atoms with Crippen molar-refractivity contribution in [3.05, 3.63) is 66.2 Å². The average Bonchev–Trinajstić information content (AvgIpc) is 2.53. The Morgan fingerprint density at radius 3 is 1.88 bits per heavy atom. The first-order valence-electron chi connectivity index (χ1n) is 6.36. The topological polar surface area (TPSA) is 161 Å². The van der Waals surface area contributed by atoms with Crippen molar-refractivity contribution < 1.29 is 29.6 Å². The number of hydrogen-bond donors (Lipinski definition) is 2. The first-order valence-corrected chi connectivity index (χ1v) is 7.16. The van der Waals surface area contributed by atoms with Crippen LogP contribution in [0.1, 0.15) is 20.7 Å². The SMILES string of the molecule is O=C(O)c1cc([N+](=O)[O-])ccc1-c1c(Br)cc([N+](=O)[O-])cc1C(=O)O. The Morgan fingerprint density at radius 2 is 1.40 bits per heavy atom. The number of nitrogens with zero attached hydrogens (tertiary/aromatic N) is 2. The second kappa shape index (κ2) is 6.65. The first kappa shape index (κ1) is 18.0. The fraction of sp³-hybridized carbons (Fsp3) is 0. The number of rotatable bonds is 5. The van der Waals surface area contributed by atoms with Crippen LogP contribution in [-0.4, -0.2) is 32.0 Å². The van der Waals surface area contributed by atoms with Crippen molar-refractivity contribution in [2.75, 3.05) is 0 Å². The van der Waals surface area contributed by atoms with Crippen LogP contribution in [-0.2, 0) is 0 Å². The maximum atomic E-state index is 11.5. The van der Waals surface area contributed by atoms with Gasteiger partial charge < -0.3 is 10.2 Å². The molecule has 25 heavy (non-hydrogen) atoms. The van der Waals surface area contributed by atoms with Gasteiger partial charge >= 0.3 is 11.9 Å². The Balaban J connectivity index is 2.86. The third-order valence-corrected chi connectivity index (χ3v) is 3.86. The molecule has 0 aliphatic rings. The summed E-state index contributed by atoms with van der Waals surface area (Å²) in [4.78, 5) is 43.0. The molecule has 0 saturated carbocycles. The summed E-state index contributed by atoms with van der Waals surface area (Å²) in [5.74, 6) is -3.03. The second-order valence-electron chi connectivity index (χ2n) is 4.70. The van der Waals surface area contributed by atoms with Gasteiger partial charge in [-0.05, 0) is 27.6 Å². The Bertz CT molecular complexity index is 941. The molecule has 0 aliphatic heterocycles. The highest BCUT2D eigenvalue weighted by atomic mass is 79.9. The van der Waals surface area contributed by atoms with Crippen LogP contribution in [0.3, 0.4) is 0 Å². The van der Waals surface area contributed by atoms with Gasteiger partial charge in [-0.2, -0.15) is 0 Å². The number of nitro benzene ring substituents is 2. The van der Waals surface area contributed by atoms with Gasteiger partial charge in [-0.15, -0.1) is 0 Å². The van der Waals surface area contributed by atoms with Crippen LogP contribution in [0.25, 0.3) is 11.1 Å². The lowest BCUT2D eigenvalue weighted by Gasteiger charge is -2.12. The lowest BCUT2D eigenvalue weighted by Crippen LogP contribution is -2.06. The van der Waals surface area contributed by atoms with Crippen molar-refractivity contribution >= 4 is 39.2 Å². The highest BCUT2D eigenvalue weighted by Crippen LogP contribution is 2.38. The van der Waals surface area contributed by atoms with Gasteiger partial charge in [-0.3, -0.25) is 20.2 Å². The maximum absolute atomic E-state index is 11.5.